The summed E-state index contributed by atoms with van der Waals surface area (Å²) < 4.78 is 28.5. The number of unbranched alkanes of at least 4 members (excludes halogenated alkanes) is 4. The SMILES string of the molecule is Cc1cccc(S(=O)(=O)NC(CCCCCCCC(=O)O)c2ccccc2)c1. The fraction of sp³-hybridized carbons (Fsp3) is 0.409. The van der Waals surface area contributed by atoms with Crippen LogP contribution in [0.15, 0.2) is 59.5 Å². The molecular weight excluding hydrogens is 374 g/mol. The second kappa shape index (κ2) is 11.0. The highest BCUT2D eigenvalue weighted by Gasteiger charge is 2.21. The first-order valence-corrected chi connectivity index (χ1v) is 11.2. The van der Waals surface area contributed by atoms with E-state index >= 15 is 0 Å². The Kier molecular flexibility index (Phi) is 8.67. The van der Waals surface area contributed by atoms with Crippen LogP contribution >= 0.6 is 0 Å². The van der Waals surface area contributed by atoms with Gasteiger partial charge in [0.1, 0.15) is 0 Å². The molecule has 1 unspecified atom stereocenters. The van der Waals surface area contributed by atoms with Gasteiger partial charge < -0.3 is 5.11 Å². The summed E-state index contributed by atoms with van der Waals surface area (Å²) >= 11 is 0. The Labute approximate surface area is 167 Å². The maximum Gasteiger partial charge on any atom is 0.303 e. The Bertz CT molecular complexity index is 850. The maximum absolute atomic E-state index is 12.8. The molecule has 0 amide bonds. The zero-order chi connectivity index (χ0) is 20.4. The van der Waals surface area contributed by atoms with E-state index in [0.29, 0.717) is 12.8 Å². The third-order valence-corrected chi connectivity index (χ3v) is 6.15. The van der Waals surface area contributed by atoms with Gasteiger partial charge in [-0.1, -0.05) is 68.1 Å². The number of hydrogen-bond acceptors (Lipinski definition) is 3. The van der Waals surface area contributed by atoms with Gasteiger partial charge in [-0.05, 0) is 43.0 Å². The van der Waals surface area contributed by atoms with Crippen molar-refractivity contribution in [3.8, 4) is 0 Å². The van der Waals surface area contributed by atoms with Gasteiger partial charge in [-0.3, -0.25) is 4.79 Å². The fourth-order valence-corrected chi connectivity index (χ4v) is 4.54. The summed E-state index contributed by atoms with van der Waals surface area (Å²) in [5.41, 5.74) is 1.85. The molecule has 2 rings (SSSR count). The Morgan fingerprint density at radius 3 is 2.32 bits per heavy atom. The highest BCUT2D eigenvalue weighted by Crippen LogP contribution is 2.23. The Morgan fingerprint density at radius 1 is 0.964 bits per heavy atom. The highest BCUT2D eigenvalue weighted by molar-refractivity contribution is 7.89. The van der Waals surface area contributed by atoms with Crippen molar-refractivity contribution >= 4 is 16.0 Å². The number of carboxylic acids is 1. The van der Waals surface area contributed by atoms with Crippen LogP contribution in [0, 0.1) is 6.92 Å². The first-order valence-electron chi connectivity index (χ1n) is 9.74. The van der Waals surface area contributed by atoms with Crippen LogP contribution in [0.4, 0.5) is 0 Å². The van der Waals surface area contributed by atoms with Gasteiger partial charge in [-0.15, -0.1) is 0 Å². The van der Waals surface area contributed by atoms with Crippen LogP contribution in [0.3, 0.4) is 0 Å². The average molecular weight is 404 g/mol. The largest absolute Gasteiger partial charge is 0.481 e. The van der Waals surface area contributed by atoms with Gasteiger partial charge in [-0.2, -0.15) is 0 Å². The summed E-state index contributed by atoms with van der Waals surface area (Å²) in [5, 5.41) is 8.67. The van der Waals surface area contributed by atoms with E-state index in [2.05, 4.69) is 4.72 Å². The number of aryl methyl sites for hydroxylation is 1. The van der Waals surface area contributed by atoms with E-state index < -0.39 is 16.0 Å². The van der Waals surface area contributed by atoms with Gasteiger partial charge in [0.25, 0.3) is 0 Å². The van der Waals surface area contributed by atoms with Crippen molar-refractivity contribution < 1.29 is 18.3 Å². The third-order valence-electron chi connectivity index (χ3n) is 4.68. The molecule has 0 saturated heterocycles. The average Bonchev–Trinajstić information content (AvgIpc) is 2.66. The lowest BCUT2D eigenvalue weighted by molar-refractivity contribution is -0.137. The van der Waals surface area contributed by atoms with E-state index in [1.54, 1.807) is 18.2 Å². The van der Waals surface area contributed by atoms with E-state index in [9.17, 15) is 13.2 Å². The molecule has 0 bridgehead atoms. The van der Waals surface area contributed by atoms with Gasteiger partial charge in [0.2, 0.25) is 10.0 Å². The molecule has 152 valence electrons. The zero-order valence-electron chi connectivity index (χ0n) is 16.3. The van der Waals surface area contributed by atoms with Crippen LogP contribution in [0.25, 0.3) is 0 Å². The number of rotatable bonds is 12. The van der Waals surface area contributed by atoms with Gasteiger partial charge in [0.05, 0.1) is 4.90 Å². The summed E-state index contributed by atoms with van der Waals surface area (Å²) in [6, 6.07) is 16.2. The van der Waals surface area contributed by atoms with Crippen molar-refractivity contribution in [3.05, 3.63) is 65.7 Å². The van der Waals surface area contributed by atoms with Crippen molar-refractivity contribution in [3.63, 3.8) is 0 Å². The van der Waals surface area contributed by atoms with Crippen molar-refractivity contribution in [1.29, 1.82) is 0 Å². The van der Waals surface area contributed by atoms with Crippen molar-refractivity contribution in [2.75, 3.05) is 0 Å². The first kappa shape index (κ1) is 22.1. The minimum absolute atomic E-state index is 0.211. The molecule has 0 spiro atoms. The fourth-order valence-electron chi connectivity index (χ4n) is 3.17. The topological polar surface area (TPSA) is 83.5 Å². The monoisotopic (exact) mass is 403 g/mol. The summed E-state index contributed by atoms with van der Waals surface area (Å²) in [6.45, 7) is 1.87. The van der Waals surface area contributed by atoms with Crippen LogP contribution in [0.2, 0.25) is 0 Å². The van der Waals surface area contributed by atoms with E-state index in [4.69, 9.17) is 5.11 Å². The molecule has 0 fully saturated rings. The second-order valence-electron chi connectivity index (χ2n) is 7.10. The van der Waals surface area contributed by atoms with E-state index in [0.717, 1.165) is 36.8 Å². The maximum atomic E-state index is 12.8. The van der Waals surface area contributed by atoms with Gasteiger partial charge in [-0.25, -0.2) is 13.1 Å². The third kappa shape index (κ3) is 7.44. The van der Waals surface area contributed by atoms with Crippen molar-refractivity contribution in [2.45, 2.75) is 62.8 Å². The molecule has 0 radical (unpaired) electrons. The van der Waals surface area contributed by atoms with E-state index in [1.165, 1.54) is 0 Å². The summed E-state index contributed by atoms with van der Waals surface area (Å²) in [4.78, 5) is 10.8. The predicted molar refractivity (Wildman–Crippen MR) is 111 cm³/mol. The number of nitrogens with one attached hydrogen (secondary N) is 1. The van der Waals surface area contributed by atoms with Gasteiger partial charge in [0, 0.05) is 12.5 Å². The van der Waals surface area contributed by atoms with E-state index in [1.807, 2.05) is 43.3 Å². The minimum Gasteiger partial charge on any atom is -0.481 e. The smallest absolute Gasteiger partial charge is 0.303 e. The van der Waals surface area contributed by atoms with Crippen molar-refractivity contribution in [1.82, 2.24) is 4.72 Å². The molecule has 5 nitrogen and oxygen atoms in total. The molecule has 6 heteroatoms. The first-order chi connectivity index (χ1) is 13.4. The number of aliphatic carboxylic acids is 1. The van der Waals surface area contributed by atoms with Crippen LogP contribution < -0.4 is 4.72 Å². The minimum atomic E-state index is -3.61. The molecule has 0 saturated carbocycles. The normalized spacial score (nSPS) is 12.6. The van der Waals surface area contributed by atoms with Crippen LogP contribution in [0.1, 0.15) is 62.1 Å². The second-order valence-corrected chi connectivity index (χ2v) is 8.82. The molecular formula is C22H29NO4S. The molecule has 2 N–H and O–H groups in total. The summed E-state index contributed by atoms with van der Waals surface area (Å²) in [5.74, 6) is -0.755. The lowest BCUT2D eigenvalue weighted by atomic mass is 10.0. The molecule has 28 heavy (non-hydrogen) atoms. The van der Waals surface area contributed by atoms with E-state index in [-0.39, 0.29) is 17.4 Å². The lowest BCUT2D eigenvalue weighted by Gasteiger charge is -2.19. The predicted octanol–water partition coefficient (Wildman–Crippen LogP) is 4.83. The molecule has 2 aromatic rings. The van der Waals surface area contributed by atoms with Crippen LogP contribution in [-0.4, -0.2) is 19.5 Å². The standard InChI is InChI=1S/C22H29NO4S/c1-18-11-10-14-20(17-18)28(26,27)23-21(19-12-6-5-7-13-19)15-8-3-2-4-9-16-22(24)25/h5-7,10-14,17,21,23H,2-4,8-9,15-16H2,1H3,(H,24,25). The van der Waals surface area contributed by atoms with Crippen molar-refractivity contribution in [2.24, 2.45) is 0 Å². The zero-order valence-corrected chi connectivity index (χ0v) is 17.1. The summed E-state index contributed by atoms with van der Waals surface area (Å²) in [6.07, 6.45) is 5.28. The molecule has 0 aliphatic rings. The van der Waals surface area contributed by atoms with Gasteiger partial charge >= 0.3 is 5.97 Å². The number of carbonyl (C=O) groups is 1. The lowest BCUT2D eigenvalue weighted by Crippen LogP contribution is -2.28. The Hall–Kier alpha value is -2.18. The molecule has 0 heterocycles. The highest BCUT2D eigenvalue weighted by atomic mass is 32.2. The molecule has 1 atom stereocenters. The number of hydrogen-bond donors (Lipinski definition) is 2. The molecule has 0 aliphatic carbocycles. The Morgan fingerprint density at radius 2 is 1.64 bits per heavy atom. The Balaban J connectivity index is 1.98. The number of sulfonamides is 1. The number of benzene rings is 2. The quantitative estimate of drug-likeness (QED) is 0.497. The van der Waals surface area contributed by atoms with Gasteiger partial charge in [0.15, 0.2) is 0 Å². The van der Waals surface area contributed by atoms with Crippen LogP contribution in [0.5, 0.6) is 0 Å². The molecule has 2 aromatic carbocycles. The molecule has 0 aromatic heterocycles. The molecule has 0 aliphatic heterocycles. The number of carboxylic acid groups (broad SMARTS) is 1. The van der Waals surface area contributed by atoms with Crippen LogP contribution in [-0.2, 0) is 14.8 Å². The summed E-state index contributed by atoms with van der Waals surface area (Å²) in [7, 11) is -3.61.